The van der Waals surface area contributed by atoms with Gasteiger partial charge in [0.1, 0.15) is 11.5 Å². The molecule has 0 aromatic rings. The van der Waals surface area contributed by atoms with Gasteiger partial charge in [0.15, 0.2) is 0 Å². The van der Waals surface area contributed by atoms with Gasteiger partial charge in [-0.05, 0) is 50.9 Å². The number of rotatable bonds is 2. The van der Waals surface area contributed by atoms with Gasteiger partial charge in [0.2, 0.25) is 0 Å². The predicted octanol–water partition coefficient (Wildman–Crippen LogP) is 3.68. The molecule has 18 heavy (non-hydrogen) atoms. The fourth-order valence-corrected chi connectivity index (χ4v) is 2.39. The van der Waals surface area contributed by atoms with E-state index in [4.69, 9.17) is 10.00 Å². The lowest BCUT2D eigenvalue weighted by atomic mass is 9.72. The molecule has 1 rings (SSSR count). The summed E-state index contributed by atoms with van der Waals surface area (Å²) in [5, 5.41) is 8.89. The third kappa shape index (κ3) is 3.73. The average molecular weight is 251 g/mol. The van der Waals surface area contributed by atoms with Gasteiger partial charge in [-0.15, -0.1) is 0 Å². The predicted molar refractivity (Wildman–Crippen MR) is 70.7 cm³/mol. The Morgan fingerprint density at radius 3 is 2.00 bits per heavy atom. The molecule has 0 heterocycles. The quantitative estimate of drug-likeness (QED) is 0.703. The maximum absolute atomic E-state index is 11.8. The van der Waals surface area contributed by atoms with E-state index in [1.807, 2.05) is 6.07 Å². The minimum absolute atomic E-state index is 0.00345. The molecule has 0 bridgehead atoms. The van der Waals surface area contributed by atoms with Gasteiger partial charge in [-0.25, -0.2) is 0 Å². The van der Waals surface area contributed by atoms with Crippen LogP contribution in [-0.2, 0) is 9.53 Å². The molecule has 0 saturated heterocycles. The van der Waals surface area contributed by atoms with E-state index >= 15 is 0 Å². The average Bonchev–Trinajstić information content (AvgIpc) is 2.28. The van der Waals surface area contributed by atoms with Crippen molar-refractivity contribution in [2.45, 2.75) is 66.4 Å². The zero-order chi connectivity index (χ0) is 14.0. The van der Waals surface area contributed by atoms with Crippen molar-refractivity contribution in [3.63, 3.8) is 0 Å². The lowest BCUT2D eigenvalue weighted by Crippen LogP contribution is -2.34. The lowest BCUT2D eigenvalue weighted by molar-refractivity contribution is -0.158. The van der Waals surface area contributed by atoms with Crippen LogP contribution in [0.25, 0.3) is 0 Å². The number of nitrogens with zero attached hydrogens (tertiary/aromatic N) is 1. The first-order valence-corrected chi connectivity index (χ1v) is 6.79. The van der Waals surface area contributed by atoms with Gasteiger partial charge < -0.3 is 4.74 Å². The summed E-state index contributed by atoms with van der Waals surface area (Å²) in [6, 6.07) is 1.99. The Morgan fingerprint density at radius 1 is 1.11 bits per heavy atom. The van der Waals surface area contributed by atoms with E-state index in [9.17, 15) is 4.79 Å². The molecule has 0 amide bonds. The van der Waals surface area contributed by atoms with Crippen molar-refractivity contribution in [3.05, 3.63) is 0 Å². The molecule has 0 aliphatic heterocycles. The molecule has 3 nitrogen and oxygen atoms in total. The Morgan fingerprint density at radius 2 is 1.61 bits per heavy atom. The Labute approximate surface area is 111 Å². The molecular formula is C15H25NO2. The van der Waals surface area contributed by atoms with Gasteiger partial charge in [-0.2, -0.15) is 5.26 Å². The molecule has 0 aromatic heterocycles. The van der Waals surface area contributed by atoms with E-state index in [-0.39, 0.29) is 12.1 Å². The van der Waals surface area contributed by atoms with Gasteiger partial charge in [-0.1, -0.05) is 20.8 Å². The first-order valence-electron chi connectivity index (χ1n) is 6.79. The van der Waals surface area contributed by atoms with Crippen molar-refractivity contribution in [2.24, 2.45) is 16.7 Å². The van der Waals surface area contributed by atoms with Crippen molar-refractivity contribution in [1.82, 2.24) is 0 Å². The second-order valence-electron chi connectivity index (χ2n) is 6.98. The fraction of sp³-hybridized carbons (Fsp3) is 0.867. The second-order valence-corrected chi connectivity index (χ2v) is 6.98. The second kappa shape index (κ2) is 5.30. The number of hydrogen-bond acceptors (Lipinski definition) is 3. The van der Waals surface area contributed by atoms with Gasteiger partial charge >= 0.3 is 5.97 Å². The smallest absolute Gasteiger partial charge is 0.326 e. The van der Waals surface area contributed by atoms with Crippen LogP contribution < -0.4 is 0 Å². The maximum Gasteiger partial charge on any atom is 0.326 e. The third-order valence-electron chi connectivity index (χ3n) is 3.96. The van der Waals surface area contributed by atoms with E-state index in [0.29, 0.717) is 11.3 Å². The molecule has 0 spiro atoms. The highest BCUT2D eigenvalue weighted by Gasteiger charge is 2.35. The molecule has 3 heteroatoms. The normalized spacial score (nSPS) is 25.3. The highest BCUT2D eigenvalue weighted by molar-refractivity contribution is 5.79. The zero-order valence-electron chi connectivity index (χ0n) is 12.2. The monoisotopic (exact) mass is 251 g/mol. The number of carbonyl (C=O) groups is 1. The summed E-state index contributed by atoms with van der Waals surface area (Å²) in [4.78, 5) is 11.8. The first-order chi connectivity index (χ1) is 8.16. The molecule has 0 radical (unpaired) electrons. The SMILES string of the molecule is CC(C)(C#N)C(=O)OC1CCC(C(C)(C)C)CC1. The summed E-state index contributed by atoms with van der Waals surface area (Å²) >= 11 is 0. The molecule has 0 aromatic carbocycles. The van der Waals surface area contributed by atoms with Crippen LogP contribution in [0.1, 0.15) is 60.3 Å². The molecule has 0 unspecified atom stereocenters. The Balaban J connectivity index is 2.46. The van der Waals surface area contributed by atoms with Gasteiger partial charge in [0, 0.05) is 0 Å². The minimum atomic E-state index is -1.03. The van der Waals surface area contributed by atoms with Gasteiger partial charge in [0.25, 0.3) is 0 Å². The van der Waals surface area contributed by atoms with E-state index in [1.54, 1.807) is 13.8 Å². The van der Waals surface area contributed by atoms with Crippen LogP contribution in [0.4, 0.5) is 0 Å². The Kier molecular flexibility index (Phi) is 4.42. The first kappa shape index (κ1) is 15.0. The molecule has 1 saturated carbocycles. The molecule has 0 N–H and O–H groups in total. The van der Waals surface area contributed by atoms with Gasteiger partial charge in [-0.3, -0.25) is 4.79 Å². The molecule has 0 atom stereocenters. The highest BCUT2D eigenvalue weighted by atomic mass is 16.5. The van der Waals surface area contributed by atoms with Crippen LogP contribution in [0.5, 0.6) is 0 Å². The molecular weight excluding hydrogens is 226 g/mol. The van der Waals surface area contributed by atoms with Crippen LogP contribution in [-0.4, -0.2) is 12.1 Å². The Hall–Kier alpha value is -1.04. The van der Waals surface area contributed by atoms with E-state index in [2.05, 4.69) is 20.8 Å². The zero-order valence-corrected chi connectivity index (χ0v) is 12.2. The van der Waals surface area contributed by atoms with Crippen molar-refractivity contribution < 1.29 is 9.53 Å². The molecule has 1 fully saturated rings. The Bertz CT molecular complexity index is 338. The molecule has 1 aliphatic carbocycles. The van der Waals surface area contributed by atoms with E-state index in [1.165, 1.54) is 0 Å². The van der Waals surface area contributed by atoms with Crippen molar-refractivity contribution in [3.8, 4) is 6.07 Å². The number of nitriles is 1. The standard InChI is InChI=1S/C15H25NO2/c1-14(2,3)11-6-8-12(9-7-11)18-13(17)15(4,5)10-16/h11-12H,6-9H2,1-5H3. The van der Waals surface area contributed by atoms with Crippen molar-refractivity contribution in [1.29, 1.82) is 5.26 Å². The maximum atomic E-state index is 11.8. The number of ether oxygens (including phenoxy) is 1. The number of carbonyl (C=O) groups excluding carboxylic acids is 1. The molecule has 102 valence electrons. The minimum Gasteiger partial charge on any atom is -0.461 e. The summed E-state index contributed by atoms with van der Waals surface area (Å²) in [5.74, 6) is 0.320. The van der Waals surface area contributed by atoms with Crippen molar-refractivity contribution >= 4 is 5.97 Å². The summed E-state index contributed by atoms with van der Waals surface area (Å²) in [6.45, 7) is 10.0. The lowest BCUT2D eigenvalue weighted by Gasteiger charge is -2.37. The van der Waals surface area contributed by atoms with Crippen LogP contribution in [0.3, 0.4) is 0 Å². The van der Waals surface area contributed by atoms with Crippen LogP contribution >= 0.6 is 0 Å². The summed E-state index contributed by atoms with van der Waals surface area (Å²) in [7, 11) is 0. The van der Waals surface area contributed by atoms with Gasteiger partial charge in [0.05, 0.1) is 6.07 Å². The van der Waals surface area contributed by atoms with Crippen LogP contribution in [0, 0.1) is 28.1 Å². The topological polar surface area (TPSA) is 50.1 Å². The number of hydrogen-bond donors (Lipinski definition) is 0. The third-order valence-corrected chi connectivity index (χ3v) is 3.96. The van der Waals surface area contributed by atoms with Crippen LogP contribution in [0.2, 0.25) is 0 Å². The summed E-state index contributed by atoms with van der Waals surface area (Å²) in [6.07, 6.45) is 4.07. The van der Waals surface area contributed by atoms with E-state index < -0.39 is 5.41 Å². The summed E-state index contributed by atoms with van der Waals surface area (Å²) in [5.41, 5.74) is -0.693. The molecule has 1 aliphatic rings. The number of esters is 1. The van der Waals surface area contributed by atoms with E-state index in [0.717, 1.165) is 25.7 Å². The summed E-state index contributed by atoms with van der Waals surface area (Å²) < 4.78 is 5.45. The van der Waals surface area contributed by atoms with Crippen LogP contribution in [0.15, 0.2) is 0 Å². The fourth-order valence-electron chi connectivity index (χ4n) is 2.39. The highest BCUT2D eigenvalue weighted by Crippen LogP contribution is 2.38. The van der Waals surface area contributed by atoms with Crippen molar-refractivity contribution in [2.75, 3.05) is 0 Å². The largest absolute Gasteiger partial charge is 0.461 e.